The van der Waals surface area contributed by atoms with E-state index >= 15 is 0 Å². The van der Waals surface area contributed by atoms with Crippen molar-refractivity contribution in [3.05, 3.63) is 39.5 Å². The van der Waals surface area contributed by atoms with E-state index in [0.29, 0.717) is 37.1 Å². The summed E-state index contributed by atoms with van der Waals surface area (Å²) in [7, 11) is 0. The summed E-state index contributed by atoms with van der Waals surface area (Å²) < 4.78 is 49.6. The van der Waals surface area contributed by atoms with Crippen LogP contribution in [-0.4, -0.2) is 87.7 Å². The fourth-order valence-corrected chi connectivity index (χ4v) is 3.31. The molecule has 3 heterocycles. The van der Waals surface area contributed by atoms with Crippen LogP contribution in [-0.2, 0) is 15.7 Å². The quantitative estimate of drug-likeness (QED) is 0.531. The van der Waals surface area contributed by atoms with Gasteiger partial charge in [0.05, 0.1) is 36.8 Å². The van der Waals surface area contributed by atoms with Crippen molar-refractivity contribution in [2.75, 3.05) is 44.3 Å². The average Bonchev–Trinajstić information content (AvgIpc) is 2.78. The molecule has 2 N–H and O–H groups in total. The van der Waals surface area contributed by atoms with Crippen LogP contribution in [0.25, 0.3) is 0 Å². The normalized spacial score (nSPS) is 16.3. The summed E-state index contributed by atoms with van der Waals surface area (Å²) >= 11 is 5.78. The molecule has 0 aromatic carbocycles. The summed E-state index contributed by atoms with van der Waals surface area (Å²) in [6.07, 6.45) is -3.62. The summed E-state index contributed by atoms with van der Waals surface area (Å²) in [6.45, 7) is 2.36. The van der Waals surface area contributed by atoms with Gasteiger partial charge in [0.1, 0.15) is 6.10 Å². The van der Waals surface area contributed by atoms with Crippen LogP contribution in [0, 0.1) is 0 Å². The Balaban J connectivity index is 1.44. The van der Waals surface area contributed by atoms with Gasteiger partial charge in [-0.3, -0.25) is 9.59 Å². The van der Waals surface area contributed by atoms with Crippen LogP contribution in [0.2, 0.25) is 5.02 Å². The molecule has 1 fully saturated rings. The van der Waals surface area contributed by atoms with E-state index in [0.717, 1.165) is 6.20 Å². The van der Waals surface area contributed by atoms with Crippen LogP contribution in [0.3, 0.4) is 0 Å². The van der Waals surface area contributed by atoms with Gasteiger partial charge in [0.15, 0.2) is 17.4 Å². The molecule has 3 rings (SSSR count). The van der Waals surface area contributed by atoms with Gasteiger partial charge in [-0.1, -0.05) is 11.6 Å². The Morgan fingerprint density at radius 3 is 2.47 bits per heavy atom. The van der Waals surface area contributed by atoms with E-state index in [4.69, 9.17) is 21.1 Å². The molecular formula is C19H22ClF3N6O5. The molecule has 0 spiro atoms. The molecule has 1 amide bonds. The van der Waals surface area contributed by atoms with Crippen LogP contribution in [0.5, 0.6) is 5.75 Å². The Hall–Kier alpha value is -2.97. The number of carbonyl (C=O) groups excluding carboxylic acids is 1. The molecule has 11 nitrogen and oxygen atoms in total. The van der Waals surface area contributed by atoms with Crippen molar-refractivity contribution < 1.29 is 32.5 Å². The number of hydrogen-bond donors (Lipinski definition) is 2. The average molecular weight is 507 g/mol. The van der Waals surface area contributed by atoms with Crippen LogP contribution >= 0.6 is 11.6 Å². The number of halogens is 4. The first-order chi connectivity index (χ1) is 16.1. The predicted octanol–water partition coefficient (Wildman–Crippen LogP) is 0.726. The number of aliphatic hydroxyl groups is 1. The highest BCUT2D eigenvalue weighted by Gasteiger charge is 2.38. The maximum absolute atomic E-state index is 13.1. The number of alkyl halides is 3. The second-order valence-corrected chi connectivity index (χ2v) is 7.87. The first kappa shape index (κ1) is 25.6. The maximum atomic E-state index is 13.1. The van der Waals surface area contributed by atoms with Crippen LogP contribution < -0.4 is 15.2 Å². The van der Waals surface area contributed by atoms with E-state index in [9.17, 15) is 27.9 Å². The summed E-state index contributed by atoms with van der Waals surface area (Å²) in [5.41, 5.74) is -2.94. The molecule has 2 atom stereocenters. The second kappa shape index (κ2) is 11.0. The maximum Gasteiger partial charge on any atom is 0.425 e. The van der Waals surface area contributed by atoms with Gasteiger partial charge in [-0.25, -0.2) is 15.1 Å². The number of piperazine rings is 1. The van der Waals surface area contributed by atoms with Gasteiger partial charge in [-0.15, -0.1) is 0 Å². The van der Waals surface area contributed by atoms with Gasteiger partial charge in [0.2, 0.25) is 5.95 Å². The third-order valence-electron chi connectivity index (χ3n) is 4.83. The summed E-state index contributed by atoms with van der Waals surface area (Å²) in [5, 5.41) is 15.6. The third kappa shape index (κ3) is 6.55. The van der Waals surface area contributed by atoms with Crippen molar-refractivity contribution in [2.45, 2.75) is 25.3 Å². The number of aromatic amines is 1. The molecule has 0 saturated carbocycles. The largest absolute Gasteiger partial charge is 0.486 e. The monoisotopic (exact) mass is 506 g/mol. The molecule has 0 aliphatic carbocycles. The van der Waals surface area contributed by atoms with Crippen LogP contribution in [0.4, 0.5) is 19.1 Å². The van der Waals surface area contributed by atoms with Crippen LogP contribution in [0.1, 0.15) is 12.5 Å². The summed E-state index contributed by atoms with van der Waals surface area (Å²) in [5.74, 6) is -0.798. The number of amides is 1. The molecule has 0 radical (unpaired) electrons. The second-order valence-electron chi connectivity index (χ2n) is 7.43. The van der Waals surface area contributed by atoms with Gasteiger partial charge in [-0.05, 0) is 6.92 Å². The van der Waals surface area contributed by atoms with E-state index in [-0.39, 0.29) is 13.2 Å². The topological polar surface area (TPSA) is 134 Å². The number of hydrogen-bond acceptors (Lipinski definition) is 9. The van der Waals surface area contributed by atoms with Crippen molar-refractivity contribution in [1.82, 2.24) is 25.1 Å². The Labute approximate surface area is 196 Å². The van der Waals surface area contributed by atoms with Crippen molar-refractivity contribution >= 4 is 23.5 Å². The lowest BCUT2D eigenvalue weighted by molar-refractivity contribution is -0.145. The zero-order chi connectivity index (χ0) is 24.9. The molecule has 34 heavy (non-hydrogen) atoms. The summed E-state index contributed by atoms with van der Waals surface area (Å²) in [6, 6.07) is 0. The Morgan fingerprint density at radius 1 is 1.21 bits per heavy atom. The van der Waals surface area contributed by atoms with Crippen molar-refractivity contribution in [2.24, 2.45) is 0 Å². The Bertz CT molecular complexity index is 1030. The first-order valence-electron chi connectivity index (χ1n) is 10.1. The van der Waals surface area contributed by atoms with Crippen molar-refractivity contribution in [3.63, 3.8) is 0 Å². The SMILES string of the molecule is C[C@@H](COC[C@@H](O)C(=O)N1CCN(c2ncc(Cl)cn2)CC1)Oc1cn[nH]c(=O)c1C(F)(F)F. The Kier molecular flexibility index (Phi) is 8.28. The number of rotatable bonds is 8. The molecule has 2 aromatic heterocycles. The zero-order valence-corrected chi connectivity index (χ0v) is 18.7. The number of nitrogens with zero attached hydrogens (tertiary/aromatic N) is 5. The van der Waals surface area contributed by atoms with Gasteiger partial charge in [0.25, 0.3) is 11.5 Å². The zero-order valence-electron chi connectivity index (χ0n) is 18.0. The van der Waals surface area contributed by atoms with E-state index in [1.165, 1.54) is 24.2 Å². The molecule has 0 bridgehead atoms. The minimum atomic E-state index is -4.93. The molecule has 1 saturated heterocycles. The highest BCUT2D eigenvalue weighted by molar-refractivity contribution is 6.30. The minimum Gasteiger partial charge on any atom is -0.486 e. The highest BCUT2D eigenvalue weighted by Crippen LogP contribution is 2.33. The number of aromatic nitrogens is 4. The van der Waals surface area contributed by atoms with Crippen molar-refractivity contribution in [1.29, 1.82) is 0 Å². The fraction of sp³-hybridized carbons (Fsp3) is 0.526. The minimum absolute atomic E-state index is 0.240. The number of nitrogens with one attached hydrogen (secondary N) is 1. The van der Waals surface area contributed by atoms with E-state index < -0.39 is 41.2 Å². The Morgan fingerprint density at radius 2 is 1.85 bits per heavy atom. The third-order valence-corrected chi connectivity index (χ3v) is 5.02. The van der Waals surface area contributed by atoms with Gasteiger partial charge < -0.3 is 24.4 Å². The van der Waals surface area contributed by atoms with Gasteiger partial charge in [0, 0.05) is 26.2 Å². The molecule has 0 unspecified atom stereocenters. The smallest absolute Gasteiger partial charge is 0.425 e. The fourth-order valence-electron chi connectivity index (χ4n) is 3.21. The number of anilines is 1. The van der Waals surface area contributed by atoms with E-state index in [2.05, 4.69) is 15.1 Å². The number of aliphatic hydroxyl groups excluding tert-OH is 1. The van der Waals surface area contributed by atoms with Gasteiger partial charge in [-0.2, -0.15) is 18.3 Å². The molecule has 186 valence electrons. The molecule has 1 aliphatic heterocycles. The lowest BCUT2D eigenvalue weighted by atomic mass is 10.2. The van der Waals surface area contributed by atoms with E-state index in [1.807, 2.05) is 4.90 Å². The molecule has 1 aliphatic rings. The lowest BCUT2D eigenvalue weighted by Gasteiger charge is -2.35. The molecule has 2 aromatic rings. The molecule has 15 heteroatoms. The highest BCUT2D eigenvalue weighted by atomic mass is 35.5. The standard InChI is InChI=1S/C19H22ClF3N6O5/c1-11(34-14-8-26-27-16(31)15(14)19(21,22)23)9-33-10-13(30)17(32)28-2-4-29(5-3-28)18-24-6-12(20)7-25-18/h6-8,11,13,30H,2-5,9-10H2,1H3,(H,27,31)/t11-,13+/m0/s1. The number of ether oxygens (including phenoxy) is 2. The summed E-state index contributed by atoms with van der Waals surface area (Å²) in [4.78, 5) is 35.5. The number of H-pyrrole nitrogens is 1. The van der Waals surface area contributed by atoms with Gasteiger partial charge >= 0.3 is 6.18 Å². The van der Waals surface area contributed by atoms with E-state index in [1.54, 1.807) is 5.10 Å². The van der Waals surface area contributed by atoms with Crippen LogP contribution in [0.15, 0.2) is 23.4 Å². The lowest BCUT2D eigenvalue weighted by Crippen LogP contribution is -2.52. The first-order valence-corrected chi connectivity index (χ1v) is 10.5. The predicted molar refractivity (Wildman–Crippen MR) is 113 cm³/mol. The molecular weight excluding hydrogens is 485 g/mol. The number of carbonyl (C=O) groups is 1. The van der Waals surface area contributed by atoms with Crippen molar-refractivity contribution in [3.8, 4) is 5.75 Å².